The molecule has 2 aliphatic heterocycles. The number of benzene rings is 1. The lowest BCUT2D eigenvalue weighted by molar-refractivity contribution is -0.145. The van der Waals surface area contributed by atoms with Crippen LogP contribution in [-0.2, 0) is 14.4 Å². The number of amides is 3. The number of ether oxygens (including phenoxy) is 1. The van der Waals surface area contributed by atoms with Gasteiger partial charge in [0.1, 0.15) is 0 Å². The van der Waals surface area contributed by atoms with E-state index in [1.807, 2.05) is 0 Å². The number of likely N-dealkylation sites (N-methyl/N-ethyl adjacent to an activating group) is 1. The molecule has 9 heteroatoms. The van der Waals surface area contributed by atoms with Crippen molar-refractivity contribution in [3.63, 3.8) is 0 Å². The first kappa shape index (κ1) is 19.7. The summed E-state index contributed by atoms with van der Waals surface area (Å²) < 4.78 is 5.59. The molecule has 0 spiro atoms. The summed E-state index contributed by atoms with van der Waals surface area (Å²) in [5.41, 5.74) is 0.663. The van der Waals surface area contributed by atoms with Gasteiger partial charge in [0, 0.05) is 20.1 Å². The van der Waals surface area contributed by atoms with Crippen LogP contribution in [0.1, 0.15) is 30.1 Å². The Balaban J connectivity index is 1.70. The molecule has 1 aromatic carbocycles. The number of fused-ring (bicyclic) bond motifs is 1. The van der Waals surface area contributed by atoms with Gasteiger partial charge in [0.25, 0.3) is 11.8 Å². The Labute approximate surface area is 162 Å². The molecule has 0 aliphatic carbocycles. The van der Waals surface area contributed by atoms with Crippen molar-refractivity contribution in [1.29, 1.82) is 0 Å². The Morgan fingerprint density at radius 3 is 2.82 bits per heavy atom. The van der Waals surface area contributed by atoms with E-state index in [-0.39, 0.29) is 36.2 Å². The van der Waals surface area contributed by atoms with Crippen LogP contribution in [0, 0.1) is 5.92 Å². The van der Waals surface area contributed by atoms with Gasteiger partial charge in [0.05, 0.1) is 23.7 Å². The minimum absolute atomic E-state index is 0.156. The Morgan fingerprint density at radius 1 is 1.36 bits per heavy atom. The maximum atomic E-state index is 12.9. The molecule has 2 N–H and O–H groups in total. The minimum Gasteiger partial charge on any atom is -0.481 e. The SMILES string of the molecule is CC1Oc2c(cccc2C(=O)N(C)CC(=O)N2CCCC(C(=O)O)C2)NC1=O. The summed E-state index contributed by atoms with van der Waals surface area (Å²) in [5.74, 6) is -2.21. The van der Waals surface area contributed by atoms with Crippen molar-refractivity contribution < 1.29 is 29.0 Å². The number of carbonyl (C=O) groups excluding carboxylic acids is 3. The number of para-hydroxylation sites is 1. The second-order valence-corrected chi connectivity index (χ2v) is 7.11. The summed E-state index contributed by atoms with van der Waals surface area (Å²) in [7, 11) is 1.50. The molecule has 28 heavy (non-hydrogen) atoms. The molecule has 9 nitrogen and oxygen atoms in total. The monoisotopic (exact) mass is 389 g/mol. The zero-order valence-corrected chi connectivity index (χ0v) is 15.8. The van der Waals surface area contributed by atoms with E-state index >= 15 is 0 Å². The van der Waals surface area contributed by atoms with Gasteiger partial charge in [-0.05, 0) is 31.9 Å². The maximum Gasteiger partial charge on any atom is 0.308 e. The summed E-state index contributed by atoms with van der Waals surface area (Å²) in [6.45, 7) is 2.06. The Hall–Kier alpha value is -3.10. The molecular weight excluding hydrogens is 366 g/mol. The highest BCUT2D eigenvalue weighted by Crippen LogP contribution is 2.33. The molecule has 3 rings (SSSR count). The van der Waals surface area contributed by atoms with Crippen LogP contribution in [0.3, 0.4) is 0 Å². The van der Waals surface area contributed by atoms with Crippen LogP contribution in [0.5, 0.6) is 5.75 Å². The molecule has 2 aliphatic rings. The summed E-state index contributed by atoms with van der Waals surface area (Å²) in [6, 6.07) is 4.85. The van der Waals surface area contributed by atoms with Gasteiger partial charge in [0.15, 0.2) is 11.9 Å². The van der Waals surface area contributed by atoms with Gasteiger partial charge in [-0.1, -0.05) is 6.07 Å². The second kappa shape index (κ2) is 7.87. The van der Waals surface area contributed by atoms with E-state index in [1.54, 1.807) is 25.1 Å². The Kier molecular flexibility index (Phi) is 5.53. The van der Waals surface area contributed by atoms with Crippen molar-refractivity contribution in [2.24, 2.45) is 5.92 Å². The first-order valence-corrected chi connectivity index (χ1v) is 9.14. The number of piperidine rings is 1. The minimum atomic E-state index is -0.911. The van der Waals surface area contributed by atoms with Gasteiger partial charge in [-0.15, -0.1) is 0 Å². The van der Waals surface area contributed by atoms with Crippen molar-refractivity contribution >= 4 is 29.4 Å². The zero-order valence-electron chi connectivity index (χ0n) is 15.8. The number of carbonyl (C=O) groups is 4. The standard InChI is InChI=1S/C19H23N3O6/c1-11-17(24)20-14-7-3-6-13(16(14)28-11)18(25)21(2)10-15(23)22-8-4-5-12(9-22)19(26)27/h3,6-7,11-12H,4-5,8-10H2,1-2H3,(H,20,24)(H,26,27). The highest BCUT2D eigenvalue weighted by Gasteiger charge is 2.31. The largest absolute Gasteiger partial charge is 0.481 e. The highest BCUT2D eigenvalue weighted by atomic mass is 16.5. The van der Waals surface area contributed by atoms with Gasteiger partial charge in [0.2, 0.25) is 5.91 Å². The molecule has 0 bridgehead atoms. The molecule has 0 radical (unpaired) electrons. The van der Waals surface area contributed by atoms with Crippen molar-refractivity contribution in [1.82, 2.24) is 9.80 Å². The van der Waals surface area contributed by atoms with Crippen molar-refractivity contribution in [2.75, 3.05) is 32.0 Å². The van der Waals surface area contributed by atoms with E-state index in [1.165, 1.54) is 16.8 Å². The molecule has 2 heterocycles. The third-order valence-corrected chi connectivity index (χ3v) is 5.01. The van der Waals surface area contributed by atoms with E-state index in [0.29, 0.717) is 25.1 Å². The number of aliphatic carboxylic acids is 1. The molecule has 0 aromatic heterocycles. The van der Waals surface area contributed by atoms with E-state index in [9.17, 15) is 19.2 Å². The number of carboxylic acids is 1. The van der Waals surface area contributed by atoms with Gasteiger partial charge in [-0.2, -0.15) is 0 Å². The number of likely N-dealkylation sites (tertiary alicyclic amines) is 1. The first-order chi connectivity index (χ1) is 13.3. The van der Waals surface area contributed by atoms with Gasteiger partial charge in [-0.3, -0.25) is 19.2 Å². The normalized spacial score (nSPS) is 21.2. The van der Waals surface area contributed by atoms with Gasteiger partial charge >= 0.3 is 5.97 Å². The number of anilines is 1. The lowest BCUT2D eigenvalue weighted by Gasteiger charge is -2.32. The zero-order chi connectivity index (χ0) is 20.4. The van der Waals surface area contributed by atoms with E-state index in [2.05, 4.69) is 5.32 Å². The summed E-state index contributed by atoms with van der Waals surface area (Å²) in [6.07, 6.45) is 0.443. The van der Waals surface area contributed by atoms with Crippen LogP contribution >= 0.6 is 0 Å². The van der Waals surface area contributed by atoms with Crippen LogP contribution < -0.4 is 10.1 Å². The van der Waals surface area contributed by atoms with Crippen LogP contribution in [0.25, 0.3) is 0 Å². The Morgan fingerprint density at radius 2 is 2.11 bits per heavy atom. The summed E-state index contributed by atoms with van der Waals surface area (Å²) in [5, 5.41) is 11.8. The van der Waals surface area contributed by atoms with Crippen LogP contribution in [-0.4, -0.2) is 71.4 Å². The molecular formula is C19H23N3O6. The number of nitrogens with zero attached hydrogens (tertiary/aromatic N) is 2. The number of carboxylic acid groups (broad SMARTS) is 1. The molecule has 0 saturated carbocycles. The quantitative estimate of drug-likeness (QED) is 0.787. The topological polar surface area (TPSA) is 116 Å². The molecule has 1 aromatic rings. The lowest BCUT2D eigenvalue weighted by Crippen LogP contribution is -2.47. The molecule has 150 valence electrons. The molecule has 1 fully saturated rings. The van der Waals surface area contributed by atoms with Crippen LogP contribution in [0.2, 0.25) is 0 Å². The lowest BCUT2D eigenvalue weighted by atomic mass is 9.98. The number of hydrogen-bond acceptors (Lipinski definition) is 5. The number of rotatable bonds is 4. The third-order valence-electron chi connectivity index (χ3n) is 5.01. The van der Waals surface area contributed by atoms with E-state index in [0.717, 1.165) is 0 Å². The van der Waals surface area contributed by atoms with Crippen LogP contribution in [0.4, 0.5) is 5.69 Å². The fraction of sp³-hybridized carbons (Fsp3) is 0.474. The number of nitrogens with one attached hydrogen (secondary N) is 1. The fourth-order valence-corrected chi connectivity index (χ4v) is 3.38. The molecule has 2 unspecified atom stereocenters. The molecule has 2 atom stereocenters. The number of hydrogen-bond donors (Lipinski definition) is 2. The maximum absolute atomic E-state index is 12.9. The fourth-order valence-electron chi connectivity index (χ4n) is 3.38. The first-order valence-electron chi connectivity index (χ1n) is 9.14. The predicted octanol–water partition coefficient (Wildman–Crippen LogP) is 0.801. The average molecular weight is 389 g/mol. The van der Waals surface area contributed by atoms with Crippen molar-refractivity contribution in [2.45, 2.75) is 25.9 Å². The van der Waals surface area contributed by atoms with Crippen molar-refractivity contribution in [3.8, 4) is 5.75 Å². The van der Waals surface area contributed by atoms with Crippen LogP contribution in [0.15, 0.2) is 18.2 Å². The van der Waals surface area contributed by atoms with E-state index in [4.69, 9.17) is 9.84 Å². The summed E-state index contributed by atoms with van der Waals surface area (Å²) >= 11 is 0. The van der Waals surface area contributed by atoms with Gasteiger partial charge < -0.3 is 25.0 Å². The molecule has 3 amide bonds. The predicted molar refractivity (Wildman–Crippen MR) is 99.1 cm³/mol. The van der Waals surface area contributed by atoms with E-state index < -0.39 is 23.9 Å². The third kappa shape index (κ3) is 3.92. The summed E-state index contributed by atoms with van der Waals surface area (Å²) in [4.78, 5) is 51.1. The van der Waals surface area contributed by atoms with Gasteiger partial charge in [-0.25, -0.2) is 0 Å². The van der Waals surface area contributed by atoms with Crippen molar-refractivity contribution in [3.05, 3.63) is 23.8 Å². The second-order valence-electron chi connectivity index (χ2n) is 7.11. The smallest absolute Gasteiger partial charge is 0.308 e. The Bertz CT molecular complexity index is 824. The highest BCUT2D eigenvalue weighted by molar-refractivity contribution is 6.04. The average Bonchev–Trinajstić information content (AvgIpc) is 2.67. The molecule has 1 saturated heterocycles.